The largest absolute Gasteiger partial charge is 0.507 e. The molecular weight excluding hydrogens is 234 g/mol. The fourth-order valence-electron chi connectivity index (χ4n) is 1.07. The van der Waals surface area contributed by atoms with Gasteiger partial charge in [0, 0.05) is 12.6 Å². The molecule has 1 atom stereocenters. The molecule has 4 heteroatoms. The number of aliphatic hydroxyl groups is 1. The maximum atomic E-state index is 9.35. The Kier molecular flexibility index (Phi) is 3.71. The Morgan fingerprint density at radius 2 is 2.15 bits per heavy atom. The summed E-state index contributed by atoms with van der Waals surface area (Å²) in [5.41, 5.74) is 6.57. The first-order chi connectivity index (χ1) is 6.15. The molecule has 72 valence electrons. The molecule has 0 aliphatic carbocycles. The van der Waals surface area contributed by atoms with Gasteiger partial charge in [-0.25, -0.2) is 0 Å². The zero-order chi connectivity index (χ0) is 9.84. The number of nitrogens with two attached hydrogens (primary N) is 1. The summed E-state index contributed by atoms with van der Waals surface area (Å²) in [4.78, 5) is 0. The van der Waals surface area contributed by atoms with Crippen molar-refractivity contribution in [1.29, 1.82) is 0 Å². The lowest BCUT2D eigenvalue weighted by molar-refractivity contribution is 0.276. The molecule has 13 heavy (non-hydrogen) atoms. The summed E-state index contributed by atoms with van der Waals surface area (Å²) in [5, 5.41) is 18.0. The van der Waals surface area contributed by atoms with Crippen LogP contribution in [-0.2, 0) is 0 Å². The van der Waals surface area contributed by atoms with Crippen molar-refractivity contribution in [2.24, 2.45) is 5.73 Å². The molecule has 0 saturated carbocycles. The predicted molar refractivity (Wildman–Crippen MR) is 54.4 cm³/mol. The zero-order valence-electron chi connectivity index (χ0n) is 7.07. The van der Waals surface area contributed by atoms with Crippen molar-refractivity contribution in [1.82, 2.24) is 0 Å². The van der Waals surface area contributed by atoms with Gasteiger partial charge in [-0.1, -0.05) is 6.07 Å². The molecule has 0 aliphatic heterocycles. The molecule has 0 bridgehead atoms. The highest BCUT2D eigenvalue weighted by atomic mass is 79.9. The Morgan fingerprint density at radius 1 is 1.46 bits per heavy atom. The van der Waals surface area contributed by atoms with Crippen LogP contribution >= 0.6 is 15.9 Å². The van der Waals surface area contributed by atoms with Crippen LogP contribution in [0.1, 0.15) is 18.0 Å². The number of benzene rings is 1. The summed E-state index contributed by atoms with van der Waals surface area (Å²) in [6.45, 7) is 0.0536. The fraction of sp³-hybridized carbons (Fsp3) is 0.333. The topological polar surface area (TPSA) is 66.5 Å². The summed E-state index contributed by atoms with van der Waals surface area (Å²) in [6.07, 6.45) is 0.501. The van der Waals surface area contributed by atoms with Gasteiger partial charge >= 0.3 is 0 Å². The molecule has 0 radical (unpaired) electrons. The highest BCUT2D eigenvalue weighted by Crippen LogP contribution is 2.27. The van der Waals surface area contributed by atoms with Crippen LogP contribution in [0.15, 0.2) is 22.7 Å². The summed E-state index contributed by atoms with van der Waals surface area (Å²) in [5.74, 6) is 0.172. The van der Waals surface area contributed by atoms with Crippen LogP contribution in [-0.4, -0.2) is 16.8 Å². The average Bonchev–Trinajstić information content (AvgIpc) is 2.10. The second-order valence-electron chi connectivity index (χ2n) is 2.83. The smallest absolute Gasteiger partial charge is 0.130 e. The molecule has 0 amide bonds. The number of hydrogen-bond acceptors (Lipinski definition) is 3. The Bertz CT molecular complexity index is 291. The first-order valence-electron chi connectivity index (χ1n) is 4.00. The van der Waals surface area contributed by atoms with E-state index in [0.29, 0.717) is 10.9 Å². The van der Waals surface area contributed by atoms with Gasteiger partial charge in [-0.2, -0.15) is 0 Å². The van der Waals surface area contributed by atoms with E-state index in [1.54, 1.807) is 12.1 Å². The number of halogens is 1. The van der Waals surface area contributed by atoms with Gasteiger partial charge in [-0.3, -0.25) is 0 Å². The number of rotatable bonds is 3. The average molecular weight is 246 g/mol. The summed E-state index contributed by atoms with van der Waals surface area (Å²) < 4.78 is 0.646. The van der Waals surface area contributed by atoms with Crippen LogP contribution in [0.4, 0.5) is 0 Å². The monoisotopic (exact) mass is 245 g/mol. The molecule has 4 N–H and O–H groups in total. The third-order valence-corrected chi connectivity index (χ3v) is 2.51. The van der Waals surface area contributed by atoms with E-state index in [0.717, 1.165) is 5.56 Å². The SMILES string of the molecule is NC(CCO)c1ccc(Br)c(O)c1. The van der Waals surface area contributed by atoms with Crippen LogP contribution in [0.5, 0.6) is 5.75 Å². The van der Waals surface area contributed by atoms with E-state index >= 15 is 0 Å². The Balaban J connectivity index is 2.84. The molecule has 0 aromatic heterocycles. The molecule has 0 spiro atoms. The lowest BCUT2D eigenvalue weighted by atomic mass is 10.1. The van der Waals surface area contributed by atoms with Crippen LogP contribution < -0.4 is 5.73 Å². The molecular formula is C9H12BrNO2. The highest BCUT2D eigenvalue weighted by molar-refractivity contribution is 9.10. The molecule has 1 rings (SSSR count). The Labute approximate surface area is 85.3 Å². The Morgan fingerprint density at radius 3 is 2.69 bits per heavy atom. The van der Waals surface area contributed by atoms with Gasteiger partial charge in [0.15, 0.2) is 0 Å². The standard InChI is InChI=1S/C9H12BrNO2/c10-7-2-1-6(5-9(7)13)8(11)3-4-12/h1-2,5,8,12-13H,3-4,11H2. The minimum absolute atomic E-state index is 0.0536. The molecule has 0 heterocycles. The van der Waals surface area contributed by atoms with Gasteiger partial charge in [-0.05, 0) is 40.0 Å². The lowest BCUT2D eigenvalue weighted by Gasteiger charge is -2.10. The normalized spacial score (nSPS) is 12.8. The van der Waals surface area contributed by atoms with Gasteiger partial charge in [-0.15, -0.1) is 0 Å². The summed E-state index contributed by atoms with van der Waals surface area (Å²) >= 11 is 3.18. The zero-order valence-corrected chi connectivity index (χ0v) is 8.66. The van der Waals surface area contributed by atoms with E-state index in [4.69, 9.17) is 10.8 Å². The second kappa shape index (κ2) is 4.60. The molecule has 0 aliphatic rings. The van der Waals surface area contributed by atoms with Crippen molar-refractivity contribution >= 4 is 15.9 Å². The maximum Gasteiger partial charge on any atom is 0.130 e. The maximum absolute atomic E-state index is 9.35. The van der Waals surface area contributed by atoms with Crippen LogP contribution in [0.3, 0.4) is 0 Å². The molecule has 1 aromatic carbocycles. The first-order valence-corrected chi connectivity index (χ1v) is 4.79. The summed E-state index contributed by atoms with van der Waals surface area (Å²) in [6, 6.07) is 4.94. The number of phenols is 1. The van der Waals surface area contributed by atoms with Gasteiger partial charge in [0.1, 0.15) is 5.75 Å². The first kappa shape index (κ1) is 10.5. The predicted octanol–water partition coefficient (Wildman–Crippen LogP) is 1.54. The van der Waals surface area contributed by atoms with Gasteiger partial charge < -0.3 is 15.9 Å². The third kappa shape index (κ3) is 2.69. The van der Waals surface area contributed by atoms with Gasteiger partial charge in [0.05, 0.1) is 4.47 Å². The van der Waals surface area contributed by atoms with E-state index in [1.165, 1.54) is 0 Å². The fourth-order valence-corrected chi connectivity index (χ4v) is 1.31. The van der Waals surface area contributed by atoms with E-state index in [2.05, 4.69) is 15.9 Å². The summed E-state index contributed by atoms with van der Waals surface area (Å²) in [7, 11) is 0. The highest BCUT2D eigenvalue weighted by Gasteiger charge is 2.07. The van der Waals surface area contributed by atoms with Crippen molar-refractivity contribution in [3.05, 3.63) is 28.2 Å². The lowest BCUT2D eigenvalue weighted by Crippen LogP contribution is -2.11. The molecule has 1 unspecified atom stereocenters. The number of phenolic OH excluding ortho intramolecular Hbond substituents is 1. The minimum atomic E-state index is -0.219. The number of aliphatic hydroxyl groups excluding tert-OH is 1. The van der Waals surface area contributed by atoms with Crippen molar-refractivity contribution in [3.63, 3.8) is 0 Å². The van der Waals surface area contributed by atoms with Crippen molar-refractivity contribution in [2.45, 2.75) is 12.5 Å². The Hall–Kier alpha value is -0.580. The molecule has 0 saturated heterocycles. The second-order valence-corrected chi connectivity index (χ2v) is 3.68. The molecule has 1 aromatic rings. The van der Waals surface area contributed by atoms with E-state index in [-0.39, 0.29) is 18.4 Å². The third-order valence-electron chi connectivity index (χ3n) is 1.84. The van der Waals surface area contributed by atoms with Gasteiger partial charge in [0.25, 0.3) is 0 Å². The van der Waals surface area contributed by atoms with Crippen molar-refractivity contribution < 1.29 is 10.2 Å². The number of aromatic hydroxyl groups is 1. The van der Waals surface area contributed by atoms with Crippen LogP contribution in [0, 0.1) is 0 Å². The van der Waals surface area contributed by atoms with Crippen molar-refractivity contribution in [2.75, 3.05) is 6.61 Å². The number of hydrogen-bond donors (Lipinski definition) is 3. The minimum Gasteiger partial charge on any atom is -0.507 e. The quantitative estimate of drug-likeness (QED) is 0.757. The van der Waals surface area contributed by atoms with E-state index in [9.17, 15) is 5.11 Å². The van der Waals surface area contributed by atoms with Gasteiger partial charge in [0.2, 0.25) is 0 Å². The van der Waals surface area contributed by atoms with E-state index in [1.807, 2.05) is 6.07 Å². The molecule has 3 nitrogen and oxygen atoms in total. The molecule has 0 fully saturated rings. The van der Waals surface area contributed by atoms with E-state index < -0.39 is 0 Å². The van der Waals surface area contributed by atoms with Crippen LogP contribution in [0.2, 0.25) is 0 Å². The van der Waals surface area contributed by atoms with Crippen molar-refractivity contribution in [3.8, 4) is 5.75 Å². The van der Waals surface area contributed by atoms with Crippen LogP contribution in [0.25, 0.3) is 0 Å².